The number of ketones is 2. The lowest BCUT2D eigenvalue weighted by Gasteiger charge is -2.05. The van der Waals surface area contributed by atoms with Gasteiger partial charge in [-0.15, -0.1) is 22.7 Å². The number of hydrogen-bond donors (Lipinski definition) is 0. The minimum Gasteiger partial charge on any atom is -0.293 e. The smallest absolute Gasteiger partial charge is 0.180 e. The van der Waals surface area contributed by atoms with Gasteiger partial charge < -0.3 is 0 Å². The van der Waals surface area contributed by atoms with Gasteiger partial charge in [-0.25, -0.2) is 0 Å². The number of carbonyl (C=O) groups excluding carboxylic acids is 2. The van der Waals surface area contributed by atoms with Gasteiger partial charge in [-0.05, 0) is 74.6 Å². The second-order valence-corrected chi connectivity index (χ2v) is 12.3. The van der Waals surface area contributed by atoms with Crippen LogP contribution in [-0.4, -0.2) is 11.6 Å². The SMILES string of the molecule is CCCCCCc1cc(CCCC)sc1C(=O)CC(=O)c1sc(CCCC)cc1CCCCCC. The monoisotopic (exact) mass is 516 g/mol. The summed E-state index contributed by atoms with van der Waals surface area (Å²) in [6.07, 6.45) is 18.2. The van der Waals surface area contributed by atoms with Crippen LogP contribution in [0.1, 0.15) is 151 Å². The standard InChI is InChI=1S/C31H48O2S2/c1-5-9-13-15-17-24-21-26(19-11-7-3)34-30(24)28(32)23-29(33)31-25(18-16-14-10-6-2)22-27(35-31)20-12-8-4/h21-22H,5-20,23H2,1-4H3. The highest BCUT2D eigenvalue weighted by Crippen LogP contribution is 2.31. The van der Waals surface area contributed by atoms with E-state index in [9.17, 15) is 9.59 Å². The zero-order chi connectivity index (χ0) is 25.5. The largest absolute Gasteiger partial charge is 0.293 e. The van der Waals surface area contributed by atoms with Crippen molar-refractivity contribution in [2.24, 2.45) is 0 Å². The van der Waals surface area contributed by atoms with Gasteiger partial charge in [-0.1, -0.05) is 79.1 Å². The van der Waals surface area contributed by atoms with Crippen molar-refractivity contribution in [2.45, 2.75) is 137 Å². The predicted octanol–water partition coefficient (Wildman–Crippen LogP) is 10.2. The molecule has 0 radical (unpaired) electrons. The zero-order valence-corrected chi connectivity index (χ0v) is 24.4. The molecule has 0 atom stereocenters. The molecule has 2 aromatic rings. The summed E-state index contributed by atoms with van der Waals surface area (Å²) < 4.78 is 0. The first-order chi connectivity index (χ1) is 17.0. The van der Waals surface area contributed by atoms with E-state index >= 15 is 0 Å². The van der Waals surface area contributed by atoms with E-state index in [1.807, 2.05) is 0 Å². The molecule has 4 heteroatoms. The van der Waals surface area contributed by atoms with E-state index in [1.165, 1.54) is 59.4 Å². The number of carbonyl (C=O) groups is 2. The minimum atomic E-state index is 0.0192. The van der Waals surface area contributed by atoms with Crippen molar-refractivity contribution in [3.8, 4) is 0 Å². The van der Waals surface area contributed by atoms with Crippen molar-refractivity contribution in [1.82, 2.24) is 0 Å². The van der Waals surface area contributed by atoms with Gasteiger partial charge >= 0.3 is 0 Å². The molecule has 0 bridgehead atoms. The number of hydrogen-bond acceptors (Lipinski definition) is 4. The highest BCUT2D eigenvalue weighted by atomic mass is 32.1. The average Bonchev–Trinajstić information content (AvgIpc) is 3.46. The number of rotatable bonds is 20. The Bertz CT molecular complexity index is 818. The van der Waals surface area contributed by atoms with Gasteiger partial charge in [-0.2, -0.15) is 0 Å². The molecular formula is C31H48O2S2. The Labute approximate surface area is 222 Å². The lowest BCUT2D eigenvalue weighted by atomic mass is 10.0. The molecule has 2 nitrogen and oxygen atoms in total. The van der Waals surface area contributed by atoms with Crippen molar-refractivity contribution in [3.05, 3.63) is 42.8 Å². The number of Topliss-reactive ketones (excluding diaryl/α,β-unsaturated/α-hetero) is 2. The molecule has 196 valence electrons. The molecule has 2 heterocycles. The summed E-state index contributed by atoms with van der Waals surface area (Å²) in [5.41, 5.74) is 2.37. The Morgan fingerprint density at radius 1 is 0.543 bits per heavy atom. The molecule has 0 aliphatic rings. The summed E-state index contributed by atoms with van der Waals surface area (Å²) in [6, 6.07) is 4.52. The van der Waals surface area contributed by atoms with Gasteiger partial charge in [0.25, 0.3) is 0 Å². The highest BCUT2D eigenvalue weighted by Gasteiger charge is 2.23. The molecule has 0 aromatic carbocycles. The van der Waals surface area contributed by atoms with Crippen LogP contribution in [-0.2, 0) is 25.7 Å². The zero-order valence-electron chi connectivity index (χ0n) is 22.8. The van der Waals surface area contributed by atoms with Gasteiger partial charge in [0.15, 0.2) is 11.6 Å². The Hall–Kier alpha value is -1.26. The van der Waals surface area contributed by atoms with Gasteiger partial charge in [-0.3, -0.25) is 9.59 Å². The topological polar surface area (TPSA) is 34.1 Å². The number of unbranched alkanes of at least 4 members (excludes halogenated alkanes) is 8. The van der Waals surface area contributed by atoms with Crippen molar-refractivity contribution >= 4 is 34.2 Å². The van der Waals surface area contributed by atoms with E-state index in [1.54, 1.807) is 22.7 Å². The van der Waals surface area contributed by atoms with Crippen LogP contribution in [0.2, 0.25) is 0 Å². The third-order valence-corrected chi connectivity index (χ3v) is 9.26. The van der Waals surface area contributed by atoms with Gasteiger partial charge in [0.05, 0.1) is 16.2 Å². The van der Waals surface area contributed by atoms with Gasteiger partial charge in [0.1, 0.15) is 0 Å². The molecule has 0 amide bonds. The molecule has 0 N–H and O–H groups in total. The third kappa shape index (κ3) is 10.3. The van der Waals surface area contributed by atoms with Crippen LogP contribution in [0, 0.1) is 0 Å². The fraction of sp³-hybridized carbons (Fsp3) is 0.677. The molecule has 0 fully saturated rings. The summed E-state index contributed by atoms with van der Waals surface area (Å²) in [5, 5.41) is 0. The molecule has 0 saturated carbocycles. The molecule has 0 unspecified atom stereocenters. The lowest BCUT2D eigenvalue weighted by molar-refractivity contribution is 0.0898. The average molecular weight is 517 g/mol. The first-order valence-electron chi connectivity index (χ1n) is 14.3. The van der Waals surface area contributed by atoms with E-state index in [-0.39, 0.29) is 18.0 Å². The molecule has 2 aromatic heterocycles. The van der Waals surface area contributed by atoms with Crippen LogP contribution < -0.4 is 0 Å². The maximum atomic E-state index is 13.4. The minimum absolute atomic E-state index is 0.0192. The highest BCUT2D eigenvalue weighted by molar-refractivity contribution is 7.15. The Kier molecular flexibility index (Phi) is 14.8. The van der Waals surface area contributed by atoms with Gasteiger partial charge in [0, 0.05) is 9.75 Å². The van der Waals surface area contributed by atoms with E-state index in [0.29, 0.717) is 0 Å². The molecule has 0 aliphatic heterocycles. The summed E-state index contributed by atoms with van der Waals surface area (Å²) >= 11 is 3.30. The fourth-order valence-electron chi connectivity index (χ4n) is 4.55. The van der Waals surface area contributed by atoms with E-state index in [2.05, 4.69) is 39.8 Å². The molecule has 2 rings (SSSR count). The molecule has 0 aliphatic carbocycles. The van der Waals surface area contributed by atoms with Gasteiger partial charge in [0.2, 0.25) is 0 Å². The predicted molar refractivity (Wildman–Crippen MR) is 155 cm³/mol. The molecule has 0 spiro atoms. The van der Waals surface area contributed by atoms with Crippen LogP contribution in [0.25, 0.3) is 0 Å². The number of thiophene rings is 2. The van der Waals surface area contributed by atoms with Crippen molar-refractivity contribution < 1.29 is 9.59 Å². The Balaban J connectivity index is 2.16. The quantitative estimate of drug-likeness (QED) is 0.0996. The molecule has 0 saturated heterocycles. The first-order valence-corrected chi connectivity index (χ1v) is 16.0. The van der Waals surface area contributed by atoms with Crippen LogP contribution >= 0.6 is 22.7 Å². The lowest BCUT2D eigenvalue weighted by Crippen LogP contribution is -2.09. The summed E-state index contributed by atoms with van der Waals surface area (Å²) in [6.45, 7) is 8.87. The Morgan fingerprint density at radius 3 is 1.31 bits per heavy atom. The van der Waals surface area contributed by atoms with Crippen molar-refractivity contribution in [3.63, 3.8) is 0 Å². The number of aryl methyl sites for hydroxylation is 4. The summed E-state index contributed by atoms with van der Waals surface area (Å²) in [4.78, 5) is 31.1. The van der Waals surface area contributed by atoms with E-state index in [4.69, 9.17) is 0 Å². The van der Waals surface area contributed by atoms with E-state index < -0.39 is 0 Å². The Morgan fingerprint density at radius 2 is 0.943 bits per heavy atom. The summed E-state index contributed by atoms with van der Waals surface area (Å²) in [5.74, 6) is 0.0716. The molecule has 35 heavy (non-hydrogen) atoms. The third-order valence-electron chi connectivity index (χ3n) is 6.70. The van der Waals surface area contributed by atoms with Crippen LogP contribution in [0.4, 0.5) is 0 Å². The van der Waals surface area contributed by atoms with Crippen LogP contribution in [0.3, 0.4) is 0 Å². The first kappa shape index (κ1) is 30.0. The van der Waals surface area contributed by atoms with Crippen molar-refractivity contribution in [2.75, 3.05) is 0 Å². The van der Waals surface area contributed by atoms with E-state index in [0.717, 1.165) is 74.0 Å². The normalized spacial score (nSPS) is 11.3. The van der Waals surface area contributed by atoms with Crippen LogP contribution in [0.5, 0.6) is 0 Å². The molecular weight excluding hydrogens is 468 g/mol. The van der Waals surface area contributed by atoms with Crippen LogP contribution in [0.15, 0.2) is 12.1 Å². The fourth-order valence-corrected chi connectivity index (χ4v) is 6.93. The summed E-state index contributed by atoms with van der Waals surface area (Å²) in [7, 11) is 0. The maximum Gasteiger partial charge on any atom is 0.180 e. The second-order valence-electron chi connectivity index (χ2n) is 9.99. The maximum absolute atomic E-state index is 13.4. The second kappa shape index (κ2) is 17.2. The van der Waals surface area contributed by atoms with Crippen molar-refractivity contribution in [1.29, 1.82) is 0 Å².